The Balaban J connectivity index is 1.80. The molecule has 0 aliphatic carbocycles. The third-order valence-electron chi connectivity index (χ3n) is 4.77. The molecule has 0 fully saturated rings. The quantitative estimate of drug-likeness (QED) is 0.343. The lowest BCUT2D eigenvalue weighted by Gasteiger charge is -2.10. The zero-order valence-electron chi connectivity index (χ0n) is 15.5. The van der Waals surface area contributed by atoms with Gasteiger partial charge in [-0.3, -0.25) is 0 Å². The normalized spacial score (nSPS) is 10.9. The molecule has 5 aromatic rings. The fraction of sp³-hybridized carbons (Fsp3) is 0. The monoisotopic (exact) mass is 393 g/mol. The van der Waals surface area contributed by atoms with Crippen molar-refractivity contribution in [3.8, 4) is 34.2 Å². The smallest absolute Gasteiger partial charge is 0.164 e. The van der Waals surface area contributed by atoms with E-state index in [-0.39, 0.29) is 0 Å². The second-order valence-electron chi connectivity index (χ2n) is 6.71. The molecular formula is C25H16ClN3. The molecule has 29 heavy (non-hydrogen) atoms. The molecule has 4 aromatic carbocycles. The number of benzene rings is 4. The van der Waals surface area contributed by atoms with Crippen molar-refractivity contribution in [1.82, 2.24) is 15.0 Å². The minimum Gasteiger partial charge on any atom is -0.208 e. The van der Waals surface area contributed by atoms with Crippen LogP contribution in [0.5, 0.6) is 0 Å². The minimum atomic E-state index is 0.608. The molecule has 0 atom stereocenters. The zero-order chi connectivity index (χ0) is 19.6. The molecule has 0 aliphatic heterocycles. The number of hydrogen-bond donors (Lipinski definition) is 0. The molecule has 0 aliphatic rings. The molecule has 0 spiro atoms. The molecule has 3 nitrogen and oxygen atoms in total. The Morgan fingerprint density at radius 1 is 0.517 bits per heavy atom. The van der Waals surface area contributed by atoms with Gasteiger partial charge in [-0.2, -0.15) is 0 Å². The van der Waals surface area contributed by atoms with E-state index in [2.05, 4.69) is 6.07 Å². The first kappa shape index (κ1) is 17.5. The van der Waals surface area contributed by atoms with E-state index >= 15 is 0 Å². The maximum absolute atomic E-state index is 6.42. The molecular weight excluding hydrogens is 378 g/mol. The Bertz CT molecular complexity index is 1240. The third-order valence-corrected chi connectivity index (χ3v) is 4.99. The largest absolute Gasteiger partial charge is 0.208 e. The van der Waals surface area contributed by atoms with Crippen LogP contribution in [-0.2, 0) is 0 Å². The number of halogens is 1. The summed E-state index contributed by atoms with van der Waals surface area (Å²) in [6, 6.07) is 31.9. The van der Waals surface area contributed by atoms with Gasteiger partial charge in [-0.05, 0) is 22.9 Å². The maximum atomic E-state index is 6.42. The van der Waals surface area contributed by atoms with Crippen LogP contribution in [0.25, 0.3) is 44.9 Å². The Hall–Kier alpha value is -3.56. The highest BCUT2D eigenvalue weighted by Gasteiger charge is 2.14. The summed E-state index contributed by atoms with van der Waals surface area (Å²) in [7, 11) is 0. The standard InChI is InChI=1S/C25H16ClN3/c26-20-15-19-13-7-8-14-21(19)22(16-20)25-28-23(17-9-3-1-4-10-17)27-24(29-25)18-11-5-2-6-12-18/h1-16H. The Morgan fingerprint density at radius 3 is 1.66 bits per heavy atom. The van der Waals surface area contributed by atoms with Gasteiger partial charge in [-0.15, -0.1) is 0 Å². The summed E-state index contributed by atoms with van der Waals surface area (Å²) in [4.78, 5) is 14.4. The van der Waals surface area contributed by atoms with Crippen molar-refractivity contribution < 1.29 is 0 Å². The van der Waals surface area contributed by atoms with E-state index in [0.717, 1.165) is 27.5 Å². The number of hydrogen-bond acceptors (Lipinski definition) is 3. The first-order chi connectivity index (χ1) is 14.3. The lowest BCUT2D eigenvalue weighted by atomic mass is 10.0. The molecule has 0 saturated heterocycles. The second-order valence-corrected chi connectivity index (χ2v) is 7.15. The second kappa shape index (κ2) is 7.46. The van der Waals surface area contributed by atoms with Crippen molar-refractivity contribution in [3.63, 3.8) is 0 Å². The van der Waals surface area contributed by atoms with E-state index in [1.54, 1.807) is 0 Å². The van der Waals surface area contributed by atoms with Gasteiger partial charge in [0.15, 0.2) is 17.5 Å². The van der Waals surface area contributed by atoms with Gasteiger partial charge in [0, 0.05) is 21.7 Å². The average molecular weight is 394 g/mol. The van der Waals surface area contributed by atoms with Gasteiger partial charge in [-0.1, -0.05) is 96.5 Å². The van der Waals surface area contributed by atoms with E-state index in [1.165, 1.54) is 0 Å². The Kier molecular flexibility index (Phi) is 4.51. The van der Waals surface area contributed by atoms with Crippen molar-refractivity contribution in [1.29, 1.82) is 0 Å². The van der Waals surface area contributed by atoms with Crippen molar-refractivity contribution in [3.05, 3.63) is 102 Å². The van der Waals surface area contributed by atoms with Crippen LogP contribution in [0.1, 0.15) is 0 Å². The molecule has 0 bridgehead atoms. The molecule has 0 saturated carbocycles. The SMILES string of the molecule is Clc1cc(-c2nc(-c3ccccc3)nc(-c3ccccc3)n2)c2ccccc2c1. The predicted molar refractivity (Wildman–Crippen MR) is 119 cm³/mol. The predicted octanol–water partition coefficient (Wildman–Crippen LogP) is 6.68. The van der Waals surface area contributed by atoms with Crippen molar-refractivity contribution in [2.75, 3.05) is 0 Å². The van der Waals surface area contributed by atoms with Crippen LogP contribution in [0.2, 0.25) is 5.02 Å². The molecule has 138 valence electrons. The van der Waals surface area contributed by atoms with Crippen LogP contribution in [0.3, 0.4) is 0 Å². The summed E-state index contributed by atoms with van der Waals surface area (Å²) < 4.78 is 0. The van der Waals surface area contributed by atoms with Crippen LogP contribution < -0.4 is 0 Å². The van der Waals surface area contributed by atoms with Gasteiger partial charge in [0.25, 0.3) is 0 Å². The molecule has 1 heterocycles. The lowest BCUT2D eigenvalue weighted by Crippen LogP contribution is -2.00. The molecule has 0 radical (unpaired) electrons. The maximum Gasteiger partial charge on any atom is 0.164 e. The van der Waals surface area contributed by atoms with Crippen LogP contribution >= 0.6 is 11.6 Å². The molecule has 0 unspecified atom stereocenters. The summed E-state index contributed by atoms with van der Waals surface area (Å²) in [5.74, 6) is 1.88. The first-order valence-electron chi connectivity index (χ1n) is 9.33. The summed E-state index contributed by atoms with van der Waals surface area (Å²) in [5, 5.41) is 2.76. The highest BCUT2D eigenvalue weighted by atomic mass is 35.5. The molecule has 1 aromatic heterocycles. The molecule has 5 rings (SSSR count). The number of rotatable bonds is 3. The first-order valence-corrected chi connectivity index (χ1v) is 9.71. The van der Waals surface area contributed by atoms with Gasteiger partial charge in [-0.25, -0.2) is 15.0 Å². The van der Waals surface area contributed by atoms with Crippen molar-refractivity contribution in [2.45, 2.75) is 0 Å². The topological polar surface area (TPSA) is 38.7 Å². The van der Waals surface area contributed by atoms with Gasteiger partial charge in [0.05, 0.1) is 0 Å². The summed E-state index contributed by atoms with van der Waals surface area (Å²) in [6.45, 7) is 0. The zero-order valence-corrected chi connectivity index (χ0v) is 16.2. The minimum absolute atomic E-state index is 0.608. The van der Waals surface area contributed by atoms with Gasteiger partial charge in [0.1, 0.15) is 0 Å². The van der Waals surface area contributed by atoms with Crippen LogP contribution in [0.15, 0.2) is 97.1 Å². The van der Waals surface area contributed by atoms with Gasteiger partial charge >= 0.3 is 0 Å². The van der Waals surface area contributed by atoms with E-state index in [1.807, 2.05) is 91.0 Å². The Morgan fingerprint density at radius 2 is 1.03 bits per heavy atom. The highest BCUT2D eigenvalue weighted by molar-refractivity contribution is 6.32. The van der Waals surface area contributed by atoms with Crippen molar-refractivity contribution in [2.24, 2.45) is 0 Å². The third kappa shape index (κ3) is 3.48. The lowest BCUT2D eigenvalue weighted by molar-refractivity contribution is 1.08. The fourth-order valence-electron chi connectivity index (χ4n) is 3.39. The van der Waals surface area contributed by atoms with E-state index in [9.17, 15) is 0 Å². The van der Waals surface area contributed by atoms with E-state index in [0.29, 0.717) is 22.5 Å². The molecule has 4 heteroatoms. The summed E-state index contributed by atoms with van der Waals surface area (Å²) >= 11 is 6.42. The number of nitrogens with zero attached hydrogens (tertiary/aromatic N) is 3. The number of aromatic nitrogens is 3. The van der Waals surface area contributed by atoms with Crippen LogP contribution in [-0.4, -0.2) is 15.0 Å². The summed E-state index contributed by atoms with van der Waals surface area (Å²) in [5.41, 5.74) is 2.78. The average Bonchev–Trinajstić information content (AvgIpc) is 2.79. The molecule has 0 N–H and O–H groups in total. The van der Waals surface area contributed by atoms with Crippen LogP contribution in [0, 0.1) is 0 Å². The van der Waals surface area contributed by atoms with E-state index in [4.69, 9.17) is 26.6 Å². The van der Waals surface area contributed by atoms with Gasteiger partial charge in [0.2, 0.25) is 0 Å². The molecule has 0 amide bonds. The highest BCUT2D eigenvalue weighted by Crippen LogP contribution is 2.32. The number of fused-ring (bicyclic) bond motifs is 1. The summed E-state index contributed by atoms with van der Waals surface area (Å²) in [6.07, 6.45) is 0. The van der Waals surface area contributed by atoms with Gasteiger partial charge < -0.3 is 0 Å². The van der Waals surface area contributed by atoms with Crippen LogP contribution in [0.4, 0.5) is 0 Å². The Labute approximate surface area is 173 Å². The van der Waals surface area contributed by atoms with E-state index < -0.39 is 0 Å². The fourth-order valence-corrected chi connectivity index (χ4v) is 3.61. The van der Waals surface area contributed by atoms with Crippen molar-refractivity contribution >= 4 is 22.4 Å².